The zero-order valence-corrected chi connectivity index (χ0v) is 91.8. The fourth-order valence-electron chi connectivity index (χ4n) is 7.58. The van der Waals surface area contributed by atoms with E-state index in [2.05, 4.69) is 47.3 Å². The van der Waals surface area contributed by atoms with Gasteiger partial charge in [0.2, 0.25) is 39.6 Å². The average molecular weight is 2250 g/mol. The Morgan fingerprint density at radius 2 is 0.566 bits per heavy atom. The number of carboxylic acids is 1. The van der Waals surface area contributed by atoms with E-state index in [9.17, 15) is 137 Å². The van der Waals surface area contributed by atoms with Gasteiger partial charge in [-0.2, -0.15) is 25.3 Å². The van der Waals surface area contributed by atoms with Crippen LogP contribution in [-0.4, -0.2) is 473 Å². The average Bonchev–Trinajstić information content (AvgIpc) is 0.888. The molecule has 868 valence electrons. The normalized spacial score (nSPS) is 15.7. The summed E-state index contributed by atoms with van der Waals surface area (Å²) in [7, 11) is -26.8. The van der Waals surface area contributed by atoms with Crippen molar-refractivity contribution in [1.29, 1.82) is 0 Å². The van der Waals surface area contributed by atoms with Gasteiger partial charge in [-0.25, -0.2) is 17.9 Å². The number of carbonyl (C=O) groups is 6. The molecule has 0 aliphatic rings. The van der Waals surface area contributed by atoms with Gasteiger partial charge in [-0.05, 0) is 78.3 Å². The Bertz CT molecular complexity index is 3880. The molecule has 5 amide bonds. The van der Waals surface area contributed by atoms with Gasteiger partial charge in [0.25, 0.3) is 30.4 Å². The summed E-state index contributed by atoms with van der Waals surface area (Å²) in [5.41, 5.74) is -0.535. The van der Waals surface area contributed by atoms with Gasteiger partial charge in [-0.1, -0.05) is 125 Å². The first-order chi connectivity index (χ1) is 64.4. The Balaban J connectivity index is -0.000000150. The SMILES string of the molecule is CC(C)C(=O)NCCCP(=O)(O)O.CC(C)C(=O)NCCCS(=O)(=O)O.CC(C)C(=O)NCCP(=O)(O)O.CC(C)C(=O)NCCS(=O)(=O)O.CC(C)C(=O)NC[C@H](O)[C@@H](O)[C@H](O)[C@H](O)CO.CC(C)C(C)NC[C@H](O)[C@@H](O)[C@H](O)[C@H](O)CO.CC(C)CNCC(O)C(=O)O.CC(C)CNC[C@H](O)[C@@H](O)[C@H](O)[C@H](O)CO.CC(C)P(=O)(O)O.CC(C)S(=O)(=O)NC[C@H](O)[C@@H](O)[C@H](O)[C@H](O)CO.CC(C)S(=O)(=O)O. The van der Waals surface area contributed by atoms with Crippen LogP contribution < -0.4 is 47.3 Å². The maximum absolute atomic E-state index is 11.4. The Hall–Kier alpha value is -4.05. The number of hydrogen-bond donors (Lipinski definition) is 40. The van der Waals surface area contributed by atoms with Gasteiger partial charge in [0.1, 0.15) is 73.2 Å². The molecule has 0 aliphatic carbocycles. The summed E-state index contributed by atoms with van der Waals surface area (Å²) in [4.78, 5) is 115. The molecule has 64 heteroatoms. The molecule has 0 heterocycles. The van der Waals surface area contributed by atoms with E-state index in [0.29, 0.717) is 37.3 Å². The monoisotopic (exact) mass is 2240 g/mol. The Labute approximate surface area is 840 Å². The lowest BCUT2D eigenvalue weighted by Crippen LogP contribution is -2.50. The van der Waals surface area contributed by atoms with Gasteiger partial charge in [0, 0.05) is 94.5 Å². The lowest BCUT2D eigenvalue weighted by atomic mass is 10.0. The molecule has 0 aliphatic heterocycles. The van der Waals surface area contributed by atoms with E-state index in [4.69, 9.17) is 94.1 Å². The number of aliphatic hydroxyl groups excluding tert-OH is 21. The molecule has 40 N–H and O–H groups in total. The standard InChI is InChI=1S/C11H25NO5.C10H21NO6.C10H23NO5.C9H21NO7S.C7H16NO4P.C7H15NO4S.C7H15NO3.C6H14NO4P.C6H13NO4S.C3H9O3P.C3H8O3S/c1-6(2)7(3)12-4-8(14)10(16)11(17)9(15)5-13;1-5(2)10(17)11-3-6(13)8(15)9(16)7(14)4-12;1-6(2)3-11-4-7(13)9(15)10(16)8(14)5-12;1-5(2)18(16,17)10-3-6(12)8(14)9(15)7(13)4-11;2*1-6(2)7(9)8-4-3-5-13(10,11)12;1-5(2)3-8-4-6(9)7(10)11;2*1-5(2)6(8)7-3-4-12(9,10)11;2*1-3(2)7(4,5)6/h6-17H,4-5H2,1-3H3;5-9,12-16H,3-4H2,1-2H3,(H,11,17);6-16H,3-5H2,1-2H3;5-15H,3-4H2,1-2H3;6H,3-5H2,1-2H3,(H,8,9)(H2,10,11,12);6H,3-5H2,1-2H3,(H,8,9)(H,10,11,12);5-6,8-9H,3-4H2,1-2H3,(H,10,11);5H,3-4H2,1-2H3,(H,7,8)(H2,9,10,11);5H,3-4H2,1-2H3,(H,7,8)(H,9,10,11);3H,1-2H3,(H2,4,5,6);3H,1-2H3,(H,4,5,6)/t7?,8-,9+,10+,11+;6-,7+,8+,9+;7-,8+,9+,10+;6-,7+,8+,9+;;;;;;;/m0000......./s1. The highest BCUT2D eigenvalue weighted by Crippen LogP contribution is 2.40. The van der Waals surface area contributed by atoms with E-state index in [1.165, 1.54) is 41.5 Å². The summed E-state index contributed by atoms with van der Waals surface area (Å²) in [5, 5.41) is 220. The van der Waals surface area contributed by atoms with Crippen molar-refractivity contribution in [3.8, 4) is 0 Å². The van der Waals surface area contributed by atoms with Crippen LogP contribution in [0, 0.1) is 47.3 Å². The largest absolute Gasteiger partial charge is 0.479 e. The second-order valence-electron chi connectivity index (χ2n) is 35.5. The van der Waals surface area contributed by atoms with Crippen LogP contribution in [0.15, 0.2) is 0 Å². The fraction of sp³-hybridized carbons (Fsp3) is 0.924. The third-order valence-corrected chi connectivity index (χ3v) is 25.3. The summed E-state index contributed by atoms with van der Waals surface area (Å²) in [6, 6.07) is 0.164. The Kier molecular flexibility index (Phi) is 97.7. The van der Waals surface area contributed by atoms with Crippen molar-refractivity contribution in [2.24, 2.45) is 47.3 Å². The molecule has 0 radical (unpaired) electrons. The number of rotatable bonds is 56. The van der Waals surface area contributed by atoms with Crippen molar-refractivity contribution in [1.82, 2.24) is 47.3 Å². The summed E-state index contributed by atoms with van der Waals surface area (Å²) in [6.07, 6.45) is -25.7. The van der Waals surface area contributed by atoms with Crippen LogP contribution in [-0.2, 0) is 82.8 Å². The van der Waals surface area contributed by atoms with Crippen LogP contribution in [0.5, 0.6) is 0 Å². The number of aliphatic carboxylic acids is 1. The molecule has 0 bridgehead atoms. The lowest BCUT2D eigenvalue weighted by Gasteiger charge is -2.27. The van der Waals surface area contributed by atoms with Crippen molar-refractivity contribution in [3.05, 3.63) is 0 Å². The first-order valence-electron chi connectivity index (χ1n) is 45.1. The van der Waals surface area contributed by atoms with E-state index in [0.717, 1.165) is 6.54 Å². The number of hydrogen-bond acceptors (Lipinski definition) is 41. The Morgan fingerprint density at radius 3 is 0.818 bits per heavy atom. The van der Waals surface area contributed by atoms with Gasteiger partial charge in [0.05, 0.1) is 90.8 Å². The fourth-order valence-corrected chi connectivity index (χ4v) is 10.2. The highest BCUT2D eigenvalue weighted by molar-refractivity contribution is 7.90. The molecule has 0 saturated carbocycles. The van der Waals surface area contributed by atoms with Gasteiger partial charge >= 0.3 is 28.8 Å². The number of aliphatic hydroxyl groups is 21. The van der Waals surface area contributed by atoms with Crippen LogP contribution in [0.1, 0.15) is 172 Å². The van der Waals surface area contributed by atoms with Crippen LogP contribution in [0.3, 0.4) is 0 Å². The van der Waals surface area contributed by atoms with Crippen molar-refractivity contribution >= 4 is 98.7 Å². The molecule has 0 fully saturated rings. The number of carboxylic acid groups (broad SMARTS) is 1. The van der Waals surface area contributed by atoms with Crippen LogP contribution >= 0.6 is 22.8 Å². The van der Waals surface area contributed by atoms with Crippen LogP contribution in [0.4, 0.5) is 0 Å². The molecule has 0 rings (SSSR count). The second-order valence-corrected chi connectivity index (χ2v) is 48.7. The zero-order chi connectivity index (χ0) is 116. The molecule has 0 spiro atoms. The lowest BCUT2D eigenvalue weighted by molar-refractivity contribution is -0.146. The summed E-state index contributed by atoms with van der Waals surface area (Å²) < 4.78 is 141. The first-order valence-corrected chi connectivity index (χ1v) is 56.7. The minimum atomic E-state index is -3.97. The maximum Gasteiger partial charge on any atom is 0.333 e. The van der Waals surface area contributed by atoms with Crippen LogP contribution in [0.2, 0.25) is 0 Å². The van der Waals surface area contributed by atoms with E-state index in [1.807, 2.05) is 48.5 Å². The van der Waals surface area contributed by atoms with Gasteiger partial charge in [-0.3, -0.25) is 51.3 Å². The van der Waals surface area contributed by atoms with Crippen molar-refractivity contribution in [3.63, 3.8) is 0 Å². The van der Waals surface area contributed by atoms with Crippen molar-refractivity contribution in [2.75, 3.05) is 122 Å². The predicted octanol–water partition coefficient (Wildman–Crippen LogP) is -9.85. The second kappa shape index (κ2) is 86.5. The maximum atomic E-state index is 11.4. The number of nitrogens with one attached hydrogen (secondary N) is 9. The van der Waals surface area contributed by atoms with Crippen LogP contribution in [0.25, 0.3) is 0 Å². The predicted molar refractivity (Wildman–Crippen MR) is 527 cm³/mol. The molecule has 18 atom stereocenters. The Morgan fingerprint density at radius 1 is 0.308 bits per heavy atom. The third-order valence-electron chi connectivity index (χ3n) is 17.7. The first kappa shape index (κ1) is 162. The van der Waals surface area contributed by atoms with E-state index < -0.39 is 228 Å². The quantitative estimate of drug-likeness (QED) is 0.0153. The number of sulfonamides is 1. The molecule has 143 heavy (non-hydrogen) atoms. The topological polar surface area (TPSA) is 1030 Å². The molecule has 0 aromatic carbocycles. The molecule has 2 unspecified atom stereocenters. The molecule has 0 aromatic rings. The van der Waals surface area contributed by atoms with E-state index >= 15 is 0 Å². The minimum Gasteiger partial charge on any atom is -0.479 e. The van der Waals surface area contributed by atoms with Gasteiger partial charge in [-0.15, -0.1) is 0 Å². The molecule has 57 nitrogen and oxygen atoms in total. The molecule has 0 saturated heterocycles. The number of carbonyl (C=O) groups excluding carboxylic acids is 5. The molecule has 0 aromatic heterocycles. The minimum absolute atomic E-state index is 0.0291. The summed E-state index contributed by atoms with van der Waals surface area (Å²) in [6.45, 7) is 38.6. The zero-order valence-electron chi connectivity index (χ0n) is 85.9. The van der Waals surface area contributed by atoms with Gasteiger partial charge in [0.15, 0.2) is 6.10 Å². The molecular weight excluding hydrogens is 2060 g/mol. The van der Waals surface area contributed by atoms with E-state index in [-0.39, 0.29) is 135 Å². The van der Waals surface area contributed by atoms with E-state index in [1.54, 1.807) is 69.2 Å². The van der Waals surface area contributed by atoms with Crippen molar-refractivity contribution in [2.45, 2.75) is 298 Å². The third kappa shape index (κ3) is 105. The smallest absolute Gasteiger partial charge is 0.333 e. The number of amides is 5. The highest BCUT2D eigenvalue weighted by Gasteiger charge is 2.35. The highest BCUT2D eigenvalue weighted by atomic mass is 32.2. The summed E-state index contributed by atoms with van der Waals surface area (Å²) in [5.74, 6) is -2.36. The van der Waals surface area contributed by atoms with Gasteiger partial charge < -0.3 is 184 Å². The van der Waals surface area contributed by atoms with Crippen molar-refractivity contribution < 1.29 is 231 Å². The molecular formula is C79H180N9O48P3S4. The summed E-state index contributed by atoms with van der Waals surface area (Å²) >= 11 is 0.